The number of amides is 1. The van der Waals surface area contributed by atoms with Crippen LogP contribution in [-0.4, -0.2) is 15.7 Å². The molecular weight excluding hydrogens is 398 g/mol. The molecule has 3 rings (SSSR count). The van der Waals surface area contributed by atoms with Crippen molar-refractivity contribution in [3.8, 4) is 0 Å². The fraction of sp³-hybridized carbons (Fsp3) is 0.333. The molecule has 110 valence electrons. The third kappa shape index (κ3) is 2.92. The number of nitrogens with zero attached hydrogens (tertiary/aromatic N) is 2. The number of rotatable bonds is 2. The maximum Gasteiger partial charge on any atom is 0.252 e. The highest BCUT2D eigenvalue weighted by molar-refractivity contribution is 9.11. The van der Waals surface area contributed by atoms with Gasteiger partial charge < -0.3 is 5.32 Å². The van der Waals surface area contributed by atoms with Gasteiger partial charge in [-0.1, -0.05) is 15.9 Å². The molecule has 0 aliphatic heterocycles. The molecule has 1 aromatic carbocycles. The quantitative estimate of drug-likeness (QED) is 0.816. The van der Waals surface area contributed by atoms with Gasteiger partial charge in [0, 0.05) is 27.3 Å². The minimum atomic E-state index is -0.0592. The van der Waals surface area contributed by atoms with Gasteiger partial charge in [0.1, 0.15) is 0 Å². The number of fused-ring (bicyclic) bond motifs is 1. The smallest absolute Gasteiger partial charge is 0.252 e. The van der Waals surface area contributed by atoms with Gasteiger partial charge in [-0.3, -0.25) is 9.48 Å². The standard InChI is InChI=1S/C15H15Br2N3O/c1-20-14-4-2-3-13(11(14)8-18-20)19-15(21)10-6-5-9(16)7-12(10)17/h5-8,13H,2-4H2,1H3,(H,19,21). The number of hydrogen-bond donors (Lipinski definition) is 1. The summed E-state index contributed by atoms with van der Waals surface area (Å²) in [7, 11) is 1.95. The lowest BCUT2D eigenvalue weighted by Gasteiger charge is -2.24. The number of carbonyl (C=O) groups is 1. The third-order valence-corrected chi connectivity index (χ3v) is 5.01. The van der Waals surface area contributed by atoms with Crippen LogP contribution in [0.15, 0.2) is 33.3 Å². The van der Waals surface area contributed by atoms with Crippen LogP contribution in [0.1, 0.15) is 40.5 Å². The molecule has 21 heavy (non-hydrogen) atoms. The zero-order valence-corrected chi connectivity index (χ0v) is 14.7. The number of aryl methyl sites for hydroxylation is 1. The third-order valence-electron chi connectivity index (χ3n) is 3.86. The first-order valence-corrected chi connectivity index (χ1v) is 8.41. The normalized spacial score (nSPS) is 17.4. The molecule has 0 fully saturated rings. The van der Waals surface area contributed by atoms with Gasteiger partial charge in [0.05, 0.1) is 17.8 Å². The van der Waals surface area contributed by atoms with E-state index in [9.17, 15) is 4.79 Å². The average Bonchev–Trinajstić information content (AvgIpc) is 2.81. The molecule has 2 aromatic rings. The Balaban J connectivity index is 1.82. The highest BCUT2D eigenvalue weighted by atomic mass is 79.9. The maximum absolute atomic E-state index is 12.5. The predicted molar refractivity (Wildman–Crippen MR) is 88.2 cm³/mol. The summed E-state index contributed by atoms with van der Waals surface area (Å²) >= 11 is 6.84. The summed E-state index contributed by atoms with van der Waals surface area (Å²) in [5, 5.41) is 7.43. The van der Waals surface area contributed by atoms with Crippen molar-refractivity contribution in [2.24, 2.45) is 7.05 Å². The Labute approximate surface area is 140 Å². The van der Waals surface area contributed by atoms with Gasteiger partial charge in [-0.2, -0.15) is 5.10 Å². The van der Waals surface area contributed by atoms with Gasteiger partial charge in [-0.15, -0.1) is 0 Å². The summed E-state index contributed by atoms with van der Waals surface area (Å²) in [5.41, 5.74) is 3.01. The minimum absolute atomic E-state index is 0.0468. The van der Waals surface area contributed by atoms with E-state index in [2.05, 4.69) is 42.3 Å². The van der Waals surface area contributed by atoms with Gasteiger partial charge in [0.25, 0.3) is 5.91 Å². The summed E-state index contributed by atoms with van der Waals surface area (Å²) in [4.78, 5) is 12.5. The summed E-state index contributed by atoms with van der Waals surface area (Å²) in [5.74, 6) is -0.0592. The molecule has 1 amide bonds. The Morgan fingerprint density at radius 2 is 2.24 bits per heavy atom. The first kappa shape index (κ1) is 14.8. The molecule has 6 heteroatoms. The van der Waals surface area contributed by atoms with Crippen LogP contribution in [-0.2, 0) is 13.5 Å². The SMILES string of the molecule is Cn1ncc2c1CCCC2NC(=O)c1ccc(Br)cc1Br. The van der Waals surface area contributed by atoms with Crippen molar-refractivity contribution in [3.05, 3.63) is 50.2 Å². The van der Waals surface area contributed by atoms with Gasteiger partial charge in [-0.25, -0.2) is 0 Å². The molecule has 0 radical (unpaired) electrons. The summed E-state index contributed by atoms with van der Waals surface area (Å²) in [6.45, 7) is 0. The van der Waals surface area contributed by atoms with E-state index in [-0.39, 0.29) is 11.9 Å². The van der Waals surface area contributed by atoms with Crippen LogP contribution in [0.3, 0.4) is 0 Å². The number of nitrogens with one attached hydrogen (secondary N) is 1. The molecule has 1 N–H and O–H groups in total. The van der Waals surface area contributed by atoms with E-state index in [0.717, 1.165) is 33.8 Å². The molecule has 0 spiro atoms. The molecule has 1 aliphatic carbocycles. The van der Waals surface area contributed by atoms with Crippen LogP contribution in [0.25, 0.3) is 0 Å². The molecule has 1 aromatic heterocycles. The second-order valence-corrected chi connectivity index (χ2v) is 6.98. The zero-order valence-electron chi connectivity index (χ0n) is 11.6. The van der Waals surface area contributed by atoms with Crippen molar-refractivity contribution in [2.75, 3.05) is 0 Å². The Morgan fingerprint density at radius 3 is 3.00 bits per heavy atom. The molecule has 1 heterocycles. The number of carbonyl (C=O) groups excluding carboxylic acids is 1. The van der Waals surface area contributed by atoms with Crippen molar-refractivity contribution in [1.29, 1.82) is 0 Å². The molecule has 1 unspecified atom stereocenters. The number of benzene rings is 1. The monoisotopic (exact) mass is 411 g/mol. The highest BCUT2D eigenvalue weighted by Gasteiger charge is 2.25. The highest BCUT2D eigenvalue weighted by Crippen LogP contribution is 2.30. The van der Waals surface area contributed by atoms with Crippen molar-refractivity contribution < 1.29 is 4.79 Å². The van der Waals surface area contributed by atoms with Gasteiger partial charge >= 0.3 is 0 Å². The Bertz CT molecular complexity index is 696. The number of halogens is 2. The largest absolute Gasteiger partial charge is 0.345 e. The zero-order chi connectivity index (χ0) is 15.0. The summed E-state index contributed by atoms with van der Waals surface area (Å²) < 4.78 is 3.64. The second-order valence-electron chi connectivity index (χ2n) is 5.21. The molecular formula is C15H15Br2N3O. The lowest BCUT2D eigenvalue weighted by molar-refractivity contribution is 0.0932. The Kier molecular flexibility index (Phi) is 4.17. The first-order valence-electron chi connectivity index (χ1n) is 6.83. The van der Waals surface area contributed by atoms with Crippen LogP contribution in [0.2, 0.25) is 0 Å². The van der Waals surface area contributed by atoms with Crippen molar-refractivity contribution in [1.82, 2.24) is 15.1 Å². The van der Waals surface area contributed by atoms with E-state index < -0.39 is 0 Å². The fourth-order valence-corrected chi connectivity index (χ4v) is 3.99. The van der Waals surface area contributed by atoms with Crippen molar-refractivity contribution >= 4 is 37.8 Å². The van der Waals surface area contributed by atoms with Gasteiger partial charge in [0.15, 0.2) is 0 Å². The molecule has 1 aliphatic rings. The van der Waals surface area contributed by atoms with E-state index in [1.165, 1.54) is 5.69 Å². The Morgan fingerprint density at radius 1 is 1.43 bits per heavy atom. The van der Waals surface area contributed by atoms with Gasteiger partial charge in [0.2, 0.25) is 0 Å². The molecule has 1 atom stereocenters. The van der Waals surface area contributed by atoms with Crippen LogP contribution >= 0.6 is 31.9 Å². The molecule has 0 saturated carbocycles. The van der Waals surface area contributed by atoms with Crippen molar-refractivity contribution in [3.63, 3.8) is 0 Å². The van der Waals surface area contributed by atoms with Gasteiger partial charge in [-0.05, 0) is 53.4 Å². The molecule has 4 nitrogen and oxygen atoms in total. The number of aromatic nitrogens is 2. The number of hydrogen-bond acceptors (Lipinski definition) is 2. The van der Waals surface area contributed by atoms with E-state index in [0.29, 0.717) is 5.56 Å². The average molecular weight is 413 g/mol. The van der Waals surface area contributed by atoms with E-state index >= 15 is 0 Å². The fourth-order valence-electron chi connectivity index (χ4n) is 2.77. The predicted octanol–water partition coefficient (Wildman–Crippen LogP) is 3.75. The molecule has 0 bridgehead atoms. The minimum Gasteiger partial charge on any atom is -0.345 e. The van der Waals surface area contributed by atoms with Crippen molar-refractivity contribution in [2.45, 2.75) is 25.3 Å². The topological polar surface area (TPSA) is 46.9 Å². The maximum atomic E-state index is 12.5. The first-order chi connectivity index (χ1) is 10.1. The van der Waals surface area contributed by atoms with Crippen LogP contribution in [0, 0.1) is 0 Å². The lowest BCUT2D eigenvalue weighted by atomic mass is 9.93. The van der Waals surface area contributed by atoms with E-state index in [1.807, 2.05) is 36.1 Å². The lowest BCUT2D eigenvalue weighted by Crippen LogP contribution is -2.31. The molecule has 0 saturated heterocycles. The van der Waals surface area contributed by atoms with Crippen LogP contribution in [0.5, 0.6) is 0 Å². The summed E-state index contributed by atoms with van der Waals surface area (Å²) in [6, 6.07) is 5.61. The van der Waals surface area contributed by atoms with Crippen LogP contribution < -0.4 is 5.32 Å². The van der Waals surface area contributed by atoms with Crippen LogP contribution in [0.4, 0.5) is 0 Å². The van der Waals surface area contributed by atoms with E-state index in [1.54, 1.807) is 0 Å². The second kappa shape index (κ2) is 5.93. The van der Waals surface area contributed by atoms with E-state index in [4.69, 9.17) is 0 Å². The Hall–Kier alpha value is -1.14. The summed E-state index contributed by atoms with van der Waals surface area (Å²) in [6.07, 6.45) is 4.92.